The Bertz CT molecular complexity index is 602. The van der Waals surface area contributed by atoms with E-state index in [0.717, 1.165) is 16.4 Å². The Hall–Kier alpha value is -1.67. The van der Waals surface area contributed by atoms with E-state index in [1.54, 1.807) is 13.8 Å². The lowest BCUT2D eigenvalue weighted by atomic mass is 10.2. The fraction of sp³-hybridized carbons (Fsp3) is 0.417. The summed E-state index contributed by atoms with van der Waals surface area (Å²) in [4.78, 5) is 10.7. The van der Waals surface area contributed by atoms with Crippen LogP contribution in [-0.2, 0) is 14.8 Å². The molecule has 4 N–H and O–H groups in total. The topological polar surface area (TPSA) is 106 Å². The zero-order valence-corrected chi connectivity index (χ0v) is 12.2. The predicted octanol–water partition coefficient (Wildman–Crippen LogP) is 0.540. The molecule has 0 bridgehead atoms. The summed E-state index contributed by atoms with van der Waals surface area (Å²) >= 11 is 0. The second-order valence-electron chi connectivity index (χ2n) is 4.84. The standard InChI is InChI=1S/C12H18FN3O3S/c1-8(2)6-16(7-12(15)17)20(18,19)11-5-9(13)3-4-10(11)14/h3-5,8H,6-7,14H2,1-2H3,(H2,15,17). The van der Waals surface area contributed by atoms with Crippen molar-refractivity contribution in [2.45, 2.75) is 18.7 Å². The number of sulfonamides is 1. The largest absolute Gasteiger partial charge is 0.398 e. The molecular formula is C12H18FN3O3S. The Labute approximate surface area is 117 Å². The number of halogens is 1. The molecule has 6 nitrogen and oxygen atoms in total. The minimum atomic E-state index is -4.08. The number of nitrogen functional groups attached to an aromatic ring is 1. The minimum Gasteiger partial charge on any atom is -0.398 e. The SMILES string of the molecule is CC(C)CN(CC(N)=O)S(=O)(=O)c1cc(F)ccc1N. The first-order valence-electron chi connectivity index (χ1n) is 5.98. The van der Waals surface area contributed by atoms with Gasteiger partial charge in [0.05, 0.1) is 12.2 Å². The quantitative estimate of drug-likeness (QED) is 0.748. The Morgan fingerprint density at radius 3 is 2.50 bits per heavy atom. The third-order valence-electron chi connectivity index (χ3n) is 2.49. The van der Waals surface area contributed by atoms with Gasteiger partial charge in [-0.05, 0) is 24.1 Å². The van der Waals surface area contributed by atoms with E-state index < -0.39 is 28.3 Å². The second-order valence-corrected chi connectivity index (χ2v) is 6.75. The van der Waals surface area contributed by atoms with Crippen LogP contribution >= 0.6 is 0 Å². The second kappa shape index (κ2) is 6.19. The predicted molar refractivity (Wildman–Crippen MR) is 73.6 cm³/mol. The molecule has 20 heavy (non-hydrogen) atoms. The van der Waals surface area contributed by atoms with Gasteiger partial charge in [-0.15, -0.1) is 0 Å². The fourth-order valence-electron chi connectivity index (χ4n) is 1.70. The summed E-state index contributed by atoms with van der Waals surface area (Å²) in [5, 5.41) is 0. The molecule has 0 fully saturated rings. The van der Waals surface area contributed by atoms with Gasteiger partial charge >= 0.3 is 0 Å². The van der Waals surface area contributed by atoms with E-state index in [1.165, 1.54) is 6.07 Å². The Kier molecular flexibility index (Phi) is 5.07. The molecular weight excluding hydrogens is 285 g/mol. The molecule has 1 aromatic carbocycles. The molecule has 0 saturated heterocycles. The first kappa shape index (κ1) is 16.4. The number of hydrogen-bond acceptors (Lipinski definition) is 4. The number of carbonyl (C=O) groups is 1. The zero-order valence-electron chi connectivity index (χ0n) is 11.3. The number of nitrogens with zero attached hydrogens (tertiary/aromatic N) is 1. The molecule has 0 aliphatic carbocycles. The van der Waals surface area contributed by atoms with Crippen LogP contribution in [0.4, 0.5) is 10.1 Å². The number of rotatable bonds is 6. The van der Waals surface area contributed by atoms with Gasteiger partial charge in [-0.3, -0.25) is 4.79 Å². The maximum Gasteiger partial charge on any atom is 0.245 e. The van der Waals surface area contributed by atoms with Gasteiger partial charge < -0.3 is 11.5 Å². The highest BCUT2D eigenvalue weighted by Gasteiger charge is 2.28. The van der Waals surface area contributed by atoms with Gasteiger partial charge in [-0.1, -0.05) is 13.8 Å². The van der Waals surface area contributed by atoms with E-state index in [9.17, 15) is 17.6 Å². The van der Waals surface area contributed by atoms with E-state index in [2.05, 4.69) is 0 Å². The van der Waals surface area contributed by atoms with Crippen LogP contribution in [0.15, 0.2) is 23.1 Å². The Balaban J connectivity index is 3.28. The smallest absolute Gasteiger partial charge is 0.245 e. The number of carbonyl (C=O) groups excluding carboxylic acids is 1. The van der Waals surface area contributed by atoms with Gasteiger partial charge in [0.2, 0.25) is 15.9 Å². The lowest BCUT2D eigenvalue weighted by Crippen LogP contribution is -2.40. The average molecular weight is 303 g/mol. The maximum absolute atomic E-state index is 13.2. The highest BCUT2D eigenvalue weighted by Crippen LogP contribution is 2.23. The van der Waals surface area contributed by atoms with Crippen molar-refractivity contribution in [2.24, 2.45) is 11.7 Å². The van der Waals surface area contributed by atoms with Crippen LogP contribution in [0.2, 0.25) is 0 Å². The number of hydrogen-bond donors (Lipinski definition) is 2. The summed E-state index contributed by atoms with van der Waals surface area (Å²) in [5.41, 5.74) is 10.6. The fourth-order valence-corrected chi connectivity index (χ4v) is 3.40. The van der Waals surface area contributed by atoms with Crippen molar-refractivity contribution < 1.29 is 17.6 Å². The van der Waals surface area contributed by atoms with Crippen LogP contribution in [0, 0.1) is 11.7 Å². The molecule has 1 amide bonds. The molecule has 112 valence electrons. The molecule has 0 radical (unpaired) electrons. The minimum absolute atomic E-state index is 0.0288. The van der Waals surface area contributed by atoms with Gasteiger partial charge in [0, 0.05) is 6.54 Å². The Morgan fingerprint density at radius 2 is 2.00 bits per heavy atom. The summed E-state index contributed by atoms with van der Waals surface area (Å²) in [7, 11) is -4.08. The molecule has 0 aliphatic rings. The summed E-state index contributed by atoms with van der Waals surface area (Å²) in [6.07, 6.45) is 0. The van der Waals surface area contributed by atoms with Crippen molar-refractivity contribution in [3.8, 4) is 0 Å². The van der Waals surface area contributed by atoms with Crippen molar-refractivity contribution in [2.75, 3.05) is 18.8 Å². The third-order valence-corrected chi connectivity index (χ3v) is 4.36. The van der Waals surface area contributed by atoms with Crippen LogP contribution in [-0.4, -0.2) is 31.7 Å². The summed E-state index contributed by atoms with van der Waals surface area (Å²) in [6, 6.07) is 3.06. The van der Waals surface area contributed by atoms with Crippen LogP contribution in [0.1, 0.15) is 13.8 Å². The van der Waals surface area contributed by atoms with E-state index in [0.29, 0.717) is 0 Å². The summed E-state index contributed by atoms with van der Waals surface area (Å²) in [5.74, 6) is -1.54. The highest BCUT2D eigenvalue weighted by atomic mass is 32.2. The number of primary amides is 1. The number of anilines is 1. The maximum atomic E-state index is 13.2. The van der Waals surface area contributed by atoms with E-state index >= 15 is 0 Å². The monoisotopic (exact) mass is 303 g/mol. The number of amides is 1. The zero-order chi connectivity index (χ0) is 15.5. The third kappa shape index (κ3) is 3.91. The Morgan fingerprint density at radius 1 is 1.40 bits per heavy atom. The average Bonchev–Trinajstić information content (AvgIpc) is 2.30. The molecule has 0 saturated carbocycles. The van der Waals surface area contributed by atoms with Crippen molar-refractivity contribution in [3.05, 3.63) is 24.0 Å². The normalized spacial score (nSPS) is 12.1. The molecule has 1 aromatic rings. The summed E-state index contributed by atoms with van der Waals surface area (Å²) in [6.45, 7) is 3.19. The number of benzene rings is 1. The lowest BCUT2D eigenvalue weighted by molar-refractivity contribution is -0.118. The van der Waals surface area contributed by atoms with E-state index in [4.69, 9.17) is 11.5 Å². The van der Waals surface area contributed by atoms with Crippen LogP contribution in [0.3, 0.4) is 0 Å². The first-order chi connectivity index (χ1) is 9.14. The van der Waals surface area contributed by atoms with Crippen molar-refractivity contribution in [1.29, 1.82) is 0 Å². The molecule has 0 aliphatic heterocycles. The van der Waals surface area contributed by atoms with Crippen LogP contribution in [0.25, 0.3) is 0 Å². The van der Waals surface area contributed by atoms with Gasteiger partial charge in [0.1, 0.15) is 10.7 Å². The van der Waals surface area contributed by atoms with Crippen molar-refractivity contribution in [3.63, 3.8) is 0 Å². The molecule has 8 heteroatoms. The lowest BCUT2D eigenvalue weighted by Gasteiger charge is -2.23. The molecule has 0 aromatic heterocycles. The van der Waals surface area contributed by atoms with E-state index in [-0.39, 0.29) is 23.0 Å². The highest BCUT2D eigenvalue weighted by molar-refractivity contribution is 7.89. The summed E-state index contributed by atoms with van der Waals surface area (Å²) < 4.78 is 39.0. The van der Waals surface area contributed by atoms with Crippen LogP contribution in [0.5, 0.6) is 0 Å². The van der Waals surface area contributed by atoms with Gasteiger partial charge in [0.15, 0.2) is 0 Å². The van der Waals surface area contributed by atoms with Crippen molar-refractivity contribution in [1.82, 2.24) is 4.31 Å². The van der Waals surface area contributed by atoms with Crippen molar-refractivity contribution >= 4 is 21.6 Å². The molecule has 0 atom stereocenters. The van der Waals surface area contributed by atoms with Gasteiger partial charge in [-0.25, -0.2) is 12.8 Å². The molecule has 0 spiro atoms. The molecule has 0 heterocycles. The first-order valence-corrected chi connectivity index (χ1v) is 7.42. The molecule has 0 unspecified atom stereocenters. The number of nitrogens with two attached hydrogens (primary N) is 2. The van der Waals surface area contributed by atoms with E-state index in [1.807, 2.05) is 0 Å². The van der Waals surface area contributed by atoms with Crippen LogP contribution < -0.4 is 11.5 Å². The van der Waals surface area contributed by atoms with Gasteiger partial charge in [-0.2, -0.15) is 4.31 Å². The van der Waals surface area contributed by atoms with Gasteiger partial charge in [0.25, 0.3) is 0 Å². The molecule has 1 rings (SSSR count).